The van der Waals surface area contributed by atoms with E-state index >= 15 is 0 Å². The topological polar surface area (TPSA) is 70.7 Å². The van der Waals surface area contributed by atoms with Gasteiger partial charge in [-0.05, 0) is 18.3 Å². The number of carbonyl (C=O) groups excluding carboxylic acids is 1. The zero-order chi connectivity index (χ0) is 16.9. The lowest BCUT2D eigenvalue weighted by atomic mass is 9.78. The van der Waals surface area contributed by atoms with E-state index in [1.807, 2.05) is 30.3 Å². The van der Waals surface area contributed by atoms with Crippen molar-refractivity contribution in [3.05, 3.63) is 30.3 Å². The van der Waals surface area contributed by atoms with Crippen molar-refractivity contribution in [1.29, 1.82) is 0 Å². The Bertz CT molecular complexity index is 673. The van der Waals surface area contributed by atoms with Crippen molar-refractivity contribution in [3.8, 4) is 11.4 Å². The van der Waals surface area contributed by atoms with Gasteiger partial charge in [0.15, 0.2) is 5.82 Å². The largest absolute Gasteiger partial charge is 0.352 e. The SMILES string of the molecule is C[C@H]1[C@@H](NC(=O)CSc2n[nH]c(-c3ccccc3)n2)CCC[C@@H]1C. The molecule has 1 aromatic heterocycles. The molecule has 1 aliphatic rings. The molecule has 24 heavy (non-hydrogen) atoms. The van der Waals surface area contributed by atoms with Crippen LogP contribution in [0.15, 0.2) is 35.5 Å². The summed E-state index contributed by atoms with van der Waals surface area (Å²) in [5.74, 6) is 2.37. The first-order valence-corrected chi connectivity index (χ1v) is 9.52. The highest BCUT2D eigenvalue weighted by atomic mass is 32.2. The molecule has 0 saturated heterocycles. The van der Waals surface area contributed by atoms with Crippen molar-refractivity contribution in [1.82, 2.24) is 20.5 Å². The number of hydrogen-bond donors (Lipinski definition) is 2. The minimum absolute atomic E-state index is 0.0667. The molecule has 3 atom stereocenters. The van der Waals surface area contributed by atoms with Crippen molar-refractivity contribution < 1.29 is 4.79 Å². The molecular formula is C18H24N4OS. The van der Waals surface area contributed by atoms with E-state index in [0.717, 1.165) is 17.8 Å². The molecular weight excluding hydrogens is 320 g/mol. The predicted octanol–water partition coefficient (Wildman–Crippen LogP) is 3.50. The molecule has 0 radical (unpaired) electrons. The minimum Gasteiger partial charge on any atom is -0.352 e. The zero-order valence-corrected chi connectivity index (χ0v) is 15.0. The van der Waals surface area contributed by atoms with Gasteiger partial charge in [0, 0.05) is 11.6 Å². The maximum absolute atomic E-state index is 12.2. The van der Waals surface area contributed by atoms with Crippen molar-refractivity contribution in [3.63, 3.8) is 0 Å². The molecule has 6 heteroatoms. The third-order valence-electron chi connectivity index (χ3n) is 4.90. The highest BCUT2D eigenvalue weighted by molar-refractivity contribution is 7.99. The molecule has 3 rings (SSSR count). The lowest BCUT2D eigenvalue weighted by Crippen LogP contribution is -2.44. The van der Waals surface area contributed by atoms with Gasteiger partial charge in [0.1, 0.15) is 0 Å². The van der Waals surface area contributed by atoms with Crippen LogP contribution in [0.1, 0.15) is 33.1 Å². The molecule has 128 valence electrons. The van der Waals surface area contributed by atoms with E-state index in [0.29, 0.717) is 28.8 Å². The quantitative estimate of drug-likeness (QED) is 0.814. The Labute approximate surface area is 147 Å². The first-order chi connectivity index (χ1) is 11.6. The van der Waals surface area contributed by atoms with Crippen LogP contribution >= 0.6 is 11.8 Å². The highest BCUT2D eigenvalue weighted by Crippen LogP contribution is 2.29. The molecule has 0 bridgehead atoms. The Morgan fingerprint density at radius 3 is 2.88 bits per heavy atom. The van der Waals surface area contributed by atoms with E-state index in [-0.39, 0.29) is 5.91 Å². The Morgan fingerprint density at radius 2 is 2.08 bits per heavy atom. The van der Waals surface area contributed by atoms with Crippen molar-refractivity contribution in [2.45, 2.75) is 44.3 Å². The Kier molecular flexibility index (Phi) is 5.56. The van der Waals surface area contributed by atoms with Crippen LogP contribution in [0, 0.1) is 11.8 Å². The number of nitrogens with one attached hydrogen (secondary N) is 2. The summed E-state index contributed by atoms with van der Waals surface area (Å²) in [6.07, 6.45) is 3.55. The van der Waals surface area contributed by atoms with Gasteiger partial charge in [0.05, 0.1) is 5.75 Å². The van der Waals surface area contributed by atoms with Gasteiger partial charge < -0.3 is 5.32 Å². The number of hydrogen-bond acceptors (Lipinski definition) is 4. The summed E-state index contributed by atoms with van der Waals surface area (Å²) in [4.78, 5) is 16.7. The number of thioether (sulfide) groups is 1. The molecule has 1 amide bonds. The number of benzene rings is 1. The minimum atomic E-state index is 0.0667. The summed E-state index contributed by atoms with van der Waals surface area (Å²) in [6.45, 7) is 4.51. The van der Waals surface area contributed by atoms with Gasteiger partial charge in [0.25, 0.3) is 0 Å². The average Bonchev–Trinajstić information content (AvgIpc) is 3.07. The summed E-state index contributed by atoms with van der Waals surface area (Å²) < 4.78 is 0. The second-order valence-electron chi connectivity index (χ2n) is 6.56. The van der Waals surface area contributed by atoms with Crippen LogP contribution in [0.25, 0.3) is 11.4 Å². The molecule has 5 nitrogen and oxygen atoms in total. The Morgan fingerprint density at radius 1 is 1.29 bits per heavy atom. The lowest BCUT2D eigenvalue weighted by Gasteiger charge is -2.34. The van der Waals surface area contributed by atoms with Gasteiger partial charge >= 0.3 is 0 Å². The maximum atomic E-state index is 12.2. The molecule has 2 N–H and O–H groups in total. The normalized spacial score (nSPS) is 23.8. The molecule has 0 unspecified atom stereocenters. The van der Waals surface area contributed by atoms with Gasteiger partial charge in [0.2, 0.25) is 11.1 Å². The molecule has 1 saturated carbocycles. The summed E-state index contributed by atoms with van der Waals surface area (Å²) in [6, 6.07) is 10.1. The number of carbonyl (C=O) groups is 1. The predicted molar refractivity (Wildman–Crippen MR) is 96.7 cm³/mol. The van der Waals surface area contributed by atoms with Gasteiger partial charge in [-0.3, -0.25) is 9.89 Å². The lowest BCUT2D eigenvalue weighted by molar-refractivity contribution is -0.120. The van der Waals surface area contributed by atoms with E-state index in [9.17, 15) is 4.79 Å². The molecule has 1 heterocycles. The zero-order valence-electron chi connectivity index (χ0n) is 14.2. The summed E-state index contributed by atoms with van der Waals surface area (Å²) in [5.41, 5.74) is 0.992. The third-order valence-corrected chi connectivity index (χ3v) is 5.75. The number of aromatic amines is 1. The van der Waals surface area contributed by atoms with Crippen LogP contribution < -0.4 is 5.32 Å². The maximum Gasteiger partial charge on any atom is 0.230 e. The van der Waals surface area contributed by atoms with Crippen molar-refractivity contribution in [2.24, 2.45) is 11.8 Å². The van der Waals surface area contributed by atoms with Crippen LogP contribution in [0.5, 0.6) is 0 Å². The number of H-pyrrole nitrogens is 1. The fourth-order valence-corrected chi connectivity index (χ4v) is 3.81. The van der Waals surface area contributed by atoms with E-state index in [1.54, 1.807) is 0 Å². The monoisotopic (exact) mass is 344 g/mol. The Balaban J connectivity index is 1.51. The van der Waals surface area contributed by atoms with E-state index < -0.39 is 0 Å². The molecule has 1 aliphatic carbocycles. The van der Waals surface area contributed by atoms with E-state index in [4.69, 9.17) is 0 Å². The van der Waals surface area contributed by atoms with E-state index in [2.05, 4.69) is 34.3 Å². The van der Waals surface area contributed by atoms with Crippen LogP contribution in [0.2, 0.25) is 0 Å². The third kappa shape index (κ3) is 4.17. The van der Waals surface area contributed by atoms with Crippen LogP contribution in [0.4, 0.5) is 0 Å². The smallest absolute Gasteiger partial charge is 0.230 e. The van der Waals surface area contributed by atoms with Gasteiger partial charge in [-0.1, -0.05) is 68.8 Å². The first-order valence-electron chi connectivity index (χ1n) is 8.53. The fraction of sp³-hybridized carbons (Fsp3) is 0.500. The average molecular weight is 344 g/mol. The fourth-order valence-electron chi connectivity index (χ4n) is 3.20. The summed E-state index contributed by atoms with van der Waals surface area (Å²) >= 11 is 1.37. The highest BCUT2D eigenvalue weighted by Gasteiger charge is 2.28. The number of nitrogens with zero attached hydrogens (tertiary/aromatic N) is 2. The molecule has 1 aromatic carbocycles. The van der Waals surface area contributed by atoms with E-state index in [1.165, 1.54) is 24.6 Å². The van der Waals surface area contributed by atoms with Crippen LogP contribution in [0.3, 0.4) is 0 Å². The Hall–Kier alpha value is -1.82. The first kappa shape index (κ1) is 17.0. The van der Waals surface area contributed by atoms with Crippen molar-refractivity contribution in [2.75, 3.05) is 5.75 Å². The number of aromatic nitrogens is 3. The van der Waals surface area contributed by atoms with Gasteiger partial charge in [-0.25, -0.2) is 4.98 Å². The second-order valence-corrected chi connectivity index (χ2v) is 7.51. The molecule has 0 aliphatic heterocycles. The summed E-state index contributed by atoms with van der Waals surface area (Å²) in [7, 11) is 0. The van der Waals surface area contributed by atoms with Crippen molar-refractivity contribution >= 4 is 17.7 Å². The molecule has 2 aromatic rings. The molecule has 0 spiro atoms. The number of amides is 1. The summed E-state index contributed by atoms with van der Waals surface area (Å²) in [5, 5.41) is 10.9. The van der Waals surface area contributed by atoms with Crippen LogP contribution in [-0.4, -0.2) is 32.9 Å². The second kappa shape index (κ2) is 7.83. The standard InChI is InChI=1S/C18H24N4OS/c1-12-7-6-10-15(13(12)2)19-16(23)11-24-18-20-17(21-22-18)14-8-4-3-5-9-14/h3-5,8-9,12-13,15H,6-7,10-11H2,1-2H3,(H,19,23)(H,20,21,22)/t12-,13+,15-/m0/s1. The van der Waals surface area contributed by atoms with Gasteiger partial charge in [-0.2, -0.15) is 0 Å². The van der Waals surface area contributed by atoms with Crippen LogP contribution in [-0.2, 0) is 4.79 Å². The van der Waals surface area contributed by atoms with Gasteiger partial charge in [-0.15, -0.1) is 5.10 Å². The molecule has 1 fully saturated rings. The number of rotatable bonds is 5.